The number of amides is 1. The number of likely N-dealkylation sites (N-methyl/N-ethyl adjacent to an activating group) is 1. The van der Waals surface area contributed by atoms with E-state index in [4.69, 9.17) is 0 Å². The van der Waals surface area contributed by atoms with Gasteiger partial charge in [-0.05, 0) is 64.1 Å². The maximum atomic E-state index is 12.2. The summed E-state index contributed by atoms with van der Waals surface area (Å²) >= 11 is 1.60. The van der Waals surface area contributed by atoms with Gasteiger partial charge in [-0.1, -0.05) is 17.7 Å². The molecule has 1 aliphatic carbocycles. The van der Waals surface area contributed by atoms with Crippen LogP contribution in [0.2, 0.25) is 0 Å². The summed E-state index contributed by atoms with van der Waals surface area (Å²) in [5, 5.41) is 3.09. The number of allylic oxidation sites excluding steroid dienone is 5. The smallest absolute Gasteiger partial charge is 0.237 e. The molecule has 0 aromatic heterocycles. The molecule has 0 aromatic rings. The van der Waals surface area contributed by atoms with Crippen molar-refractivity contribution in [3.63, 3.8) is 0 Å². The maximum absolute atomic E-state index is 12.2. The number of rotatable bonds is 6. The molecule has 1 fully saturated rings. The number of thioether (sulfide) groups is 1. The second kappa shape index (κ2) is 9.08. The molecule has 1 aliphatic heterocycles. The molecule has 0 aromatic carbocycles. The van der Waals surface area contributed by atoms with E-state index < -0.39 is 0 Å². The molecule has 2 rings (SSSR count). The highest BCUT2D eigenvalue weighted by atomic mass is 32.2. The van der Waals surface area contributed by atoms with E-state index >= 15 is 0 Å². The van der Waals surface area contributed by atoms with Crippen molar-refractivity contribution in [1.29, 1.82) is 0 Å². The molecule has 1 heterocycles. The van der Waals surface area contributed by atoms with Gasteiger partial charge in [0, 0.05) is 12.2 Å². The molecule has 0 radical (unpaired) electrons. The van der Waals surface area contributed by atoms with Crippen LogP contribution in [-0.2, 0) is 4.79 Å². The Morgan fingerprint density at radius 2 is 2.30 bits per heavy atom. The Morgan fingerprint density at radius 3 is 2.91 bits per heavy atom. The fourth-order valence-corrected chi connectivity index (χ4v) is 3.24. The van der Waals surface area contributed by atoms with Crippen LogP contribution in [0.5, 0.6) is 0 Å². The average molecular weight is 334 g/mol. The van der Waals surface area contributed by atoms with Crippen LogP contribution in [0.3, 0.4) is 0 Å². The lowest BCUT2D eigenvalue weighted by Crippen LogP contribution is -2.42. The molecular formula is C18H27N3OS. The van der Waals surface area contributed by atoms with Crippen molar-refractivity contribution in [2.45, 2.75) is 38.6 Å². The molecule has 126 valence electrons. The van der Waals surface area contributed by atoms with Crippen molar-refractivity contribution in [3.05, 3.63) is 35.1 Å². The van der Waals surface area contributed by atoms with E-state index in [-0.39, 0.29) is 11.9 Å². The summed E-state index contributed by atoms with van der Waals surface area (Å²) in [6.07, 6.45) is 12.5. The van der Waals surface area contributed by atoms with Crippen LogP contribution >= 0.6 is 11.8 Å². The van der Waals surface area contributed by atoms with E-state index in [1.807, 2.05) is 25.8 Å². The molecule has 5 heteroatoms. The molecule has 1 unspecified atom stereocenters. The van der Waals surface area contributed by atoms with E-state index in [0.29, 0.717) is 6.54 Å². The molecule has 0 saturated carbocycles. The number of hydrogen-bond acceptors (Lipinski definition) is 4. The first-order valence-corrected chi connectivity index (χ1v) is 9.49. The van der Waals surface area contributed by atoms with Gasteiger partial charge in [-0.25, -0.2) is 0 Å². The summed E-state index contributed by atoms with van der Waals surface area (Å²) in [5.41, 5.74) is 5.47. The Labute approximate surface area is 143 Å². The molecule has 23 heavy (non-hydrogen) atoms. The SMILES string of the molecule is CS/C=N\C(C)=C\C1=CC=C(CNC(=O)C2CCCN2C)CC1. The molecule has 1 N–H and O–H groups in total. The lowest BCUT2D eigenvalue weighted by atomic mass is 9.97. The van der Waals surface area contributed by atoms with Crippen LogP contribution in [-0.4, -0.2) is 48.8 Å². The number of carbonyl (C=O) groups is 1. The van der Waals surface area contributed by atoms with Crippen LogP contribution in [0.25, 0.3) is 0 Å². The minimum Gasteiger partial charge on any atom is -0.351 e. The van der Waals surface area contributed by atoms with E-state index in [0.717, 1.165) is 37.9 Å². The van der Waals surface area contributed by atoms with Gasteiger partial charge in [-0.15, -0.1) is 11.8 Å². The Bertz CT molecular complexity index is 548. The van der Waals surface area contributed by atoms with Crippen molar-refractivity contribution in [1.82, 2.24) is 10.2 Å². The number of hydrogen-bond donors (Lipinski definition) is 1. The first-order valence-electron chi connectivity index (χ1n) is 8.20. The van der Waals surface area contributed by atoms with Crippen molar-refractivity contribution in [3.8, 4) is 0 Å². The molecule has 2 aliphatic rings. The second-order valence-electron chi connectivity index (χ2n) is 6.18. The zero-order valence-corrected chi connectivity index (χ0v) is 15.2. The summed E-state index contributed by atoms with van der Waals surface area (Å²) in [7, 11) is 2.03. The average Bonchev–Trinajstić information content (AvgIpc) is 2.98. The summed E-state index contributed by atoms with van der Waals surface area (Å²) in [6.45, 7) is 3.71. The summed E-state index contributed by atoms with van der Waals surface area (Å²) in [5.74, 6) is 0.169. The minimum atomic E-state index is 0.0603. The Balaban J connectivity index is 1.84. The molecule has 4 nitrogen and oxygen atoms in total. The normalized spacial score (nSPS) is 23.1. The van der Waals surface area contributed by atoms with Gasteiger partial charge in [0.05, 0.1) is 11.6 Å². The van der Waals surface area contributed by atoms with Crippen LogP contribution in [0.15, 0.2) is 40.1 Å². The van der Waals surface area contributed by atoms with Crippen LogP contribution in [0.1, 0.15) is 32.6 Å². The van der Waals surface area contributed by atoms with Gasteiger partial charge >= 0.3 is 0 Å². The third kappa shape index (κ3) is 5.66. The zero-order chi connectivity index (χ0) is 16.7. The van der Waals surface area contributed by atoms with Crippen LogP contribution < -0.4 is 5.32 Å². The molecule has 1 amide bonds. The molecule has 1 saturated heterocycles. The Morgan fingerprint density at radius 1 is 1.48 bits per heavy atom. The fraction of sp³-hybridized carbons (Fsp3) is 0.556. The lowest BCUT2D eigenvalue weighted by Gasteiger charge is -2.20. The van der Waals surface area contributed by atoms with Crippen molar-refractivity contribution in [2.24, 2.45) is 4.99 Å². The van der Waals surface area contributed by atoms with Gasteiger partial charge < -0.3 is 5.32 Å². The highest BCUT2D eigenvalue weighted by molar-refractivity contribution is 8.11. The Hall–Kier alpha value is -1.33. The quantitative estimate of drug-likeness (QED) is 0.600. The van der Waals surface area contributed by atoms with Crippen molar-refractivity contribution in [2.75, 3.05) is 26.4 Å². The van der Waals surface area contributed by atoms with Crippen molar-refractivity contribution >= 4 is 23.2 Å². The van der Waals surface area contributed by atoms with E-state index in [1.54, 1.807) is 11.8 Å². The zero-order valence-electron chi connectivity index (χ0n) is 14.3. The van der Waals surface area contributed by atoms with Gasteiger partial charge in [0.2, 0.25) is 5.91 Å². The minimum absolute atomic E-state index is 0.0603. The number of nitrogens with zero attached hydrogens (tertiary/aromatic N) is 2. The summed E-state index contributed by atoms with van der Waals surface area (Å²) in [6, 6.07) is 0.0603. The third-order valence-corrected chi connectivity index (χ3v) is 4.65. The molecule has 0 bridgehead atoms. The van der Waals surface area contributed by atoms with E-state index in [9.17, 15) is 4.79 Å². The van der Waals surface area contributed by atoms with Gasteiger partial charge in [0.1, 0.15) is 0 Å². The topological polar surface area (TPSA) is 44.7 Å². The highest BCUT2D eigenvalue weighted by Crippen LogP contribution is 2.21. The largest absolute Gasteiger partial charge is 0.351 e. The molecule has 0 spiro atoms. The van der Waals surface area contributed by atoms with Gasteiger partial charge in [-0.3, -0.25) is 14.7 Å². The number of nitrogens with one attached hydrogen (secondary N) is 1. The first kappa shape index (κ1) is 18.0. The van der Waals surface area contributed by atoms with Crippen LogP contribution in [0.4, 0.5) is 0 Å². The molecule has 1 atom stereocenters. The summed E-state index contributed by atoms with van der Waals surface area (Å²) in [4.78, 5) is 18.7. The number of carbonyl (C=O) groups excluding carboxylic acids is 1. The number of likely N-dealkylation sites (tertiary alicyclic amines) is 1. The predicted molar refractivity (Wildman–Crippen MR) is 99.8 cm³/mol. The second-order valence-corrected chi connectivity index (χ2v) is 6.86. The maximum Gasteiger partial charge on any atom is 0.237 e. The third-order valence-electron chi connectivity index (χ3n) is 4.34. The van der Waals surface area contributed by atoms with Gasteiger partial charge in [0.15, 0.2) is 0 Å². The van der Waals surface area contributed by atoms with Crippen molar-refractivity contribution < 1.29 is 4.79 Å². The monoisotopic (exact) mass is 333 g/mol. The predicted octanol–water partition coefficient (Wildman–Crippen LogP) is 3.14. The van der Waals surface area contributed by atoms with Gasteiger partial charge in [0.25, 0.3) is 0 Å². The first-order chi connectivity index (χ1) is 11.1. The highest BCUT2D eigenvalue weighted by Gasteiger charge is 2.27. The fourth-order valence-electron chi connectivity index (χ4n) is 2.97. The standard InChI is InChI=1S/C18H27N3OS/c1-14(20-13-23-3)11-15-6-8-16(9-7-15)12-19-18(22)17-5-4-10-21(17)2/h6,8,11,13,17H,4-5,7,9-10,12H2,1-3H3,(H,19,22)/b14-11+,20-13-. The van der Waals surface area contributed by atoms with E-state index in [1.165, 1.54) is 11.1 Å². The lowest BCUT2D eigenvalue weighted by molar-refractivity contribution is -0.124. The number of aliphatic imine (C=N–C) groups is 1. The van der Waals surface area contributed by atoms with Gasteiger partial charge in [-0.2, -0.15) is 0 Å². The Kier molecular flexibility index (Phi) is 7.12. The van der Waals surface area contributed by atoms with Crippen LogP contribution in [0, 0.1) is 0 Å². The molecular weight excluding hydrogens is 306 g/mol. The summed E-state index contributed by atoms with van der Waals surface area (Å²) < 4.78 is 0. The van der Waals surface area contributed by atoms with E-state index in [2.05, 4.69) is 33.4 Å².